The molecule has 2 N–H and O–H groups in total. The Kier molecular flexibility index (Phi) is 4.35. The van der Waals surface area contributed by atoms with E-state index in [0.29, 0.717) is 28.8 Å². The standard InChI is InChI=1S/C15H12ClN7O2S/c16-10-5-11-8(4-14(25)18-11)3-9(10)12-6-26-15(19-12)20-13(24)1-2-23-7-17-21-22-23/h3,5-7H,1-2,4H2,(H,18,25)(H,19,20,24). The largest absolute Gasteiger partial charge is 0.325 e. The molecule has 2 amide bonds. The molecule has 4 rings (SSSR count). The first-order valence-electron chi connectivity index (χ1n) is 7.67. The first-order chi connectivity index (χ1) is 12.6. The molecule has 0 aliphatic carbocycles. The third-order valence-electron chi connectivity index (χ3n) is 3.80. The number of hydrogen-bond acceptors (Lipinski definition) is 7. The summed E-state index contributed by atoms with van der Waals surface area (Å²) in [4.78, 5) is 27.9. The number of thiazole rings is 1. The summed E-state index contributed by atoms with van der Waals surface area (Å²) in [5.41, 5.74) is 3.00. The fourth-order valence-corrected chi connectivity index (χ4v) is 3.57. The molecule has 0 unspecified atom stereocenters. The molecule has 0 spiro atoms. The molecule has 26 heavy (non-hydrogen) atoms. The van der Waals surface area contributed by atoms with Crippen molar-refractivity contribution in [1.82, 2.24) is 25.2 Å². The van der Waals surface area contributed by atoms with Gasteiger partial charge < -0.3 is 10.6 Å². The molecule has 3 heterocycles. The summed E-state index contributed by atoms with van der Waals surface area (Å²) in [6, 6.07) is 3.58. The molecule has 132 valence electrons. The molecular formula is C15H12ClN7O2S. The predicted molar refractivity (Wildman–Crippen MR) is 96.0 cm³/mol. The number of tetrazole rings is 1. The Morgan fingerprint density at radius 2 is 2.31 bits per heavy atom. The van der Waals surface area contributed by atoms with E-state index in [0.717, 1.165) is 16.8 Å². The van der Waals surface area contributed by atoms with Crippen molar-refractivity contribution in [1.29, 1.82) is 0 Å². The van der Waals surface area contributed by atoms with Gasteiger partial charge in [0.25, 0.3) is 0 Å². The second-order valence-corrected chi connectivity index (χ2v) is 6.89. The molecule has 0 saturated heterocycles. The molecule has 0 saturated carbocycles. The first kappa shape index (κ1) is 16.6. The number of carbonyl (C=O) groups is 2. The lowest BCUT2D eigenvalue weighted by molar-refractivity contribution is -0.116. The van der Waals surface area contributed by atoms with E-state index in [9.17, 15) is 9.59 Å². The summed E-state index contributed by atoms with van der Waals surface area (Å²) in [6.07, 6.45) is 2.00. The summed E-state index contributed by atoms with van der Waals surface area (Å²) in [5, 5.41) is 19.0. The van der Waals surface area contributed by atoms with Crippen LogP contribution in [0.1, 0.15) is 12.0 Å². The maximum Gasteiger partial charge on any atom is 0.228 e. The fraction of sp³-hybridized carbons (Fsp3) is 0.200. The maximum atomic E-state index is 12.0. The Bertz CT molecular complexity index is 986. The van der Waals surface area contributed by atoms with Crippen molar-refractivity contribution in [2.24, 2.45) is 0 Å². The summed E-state index contributed by atoms with van der Waals surface area (Å²) in [6.45, 7) is 0.384. The van der Waals surface area contributed by atoms with Crippen molar-refractivity contribution in [3.05, 3.63) is 34.4 Å². The van der Waals surface area contributed by atoms with Crippen molar-refractivity contribution in [3.8, 4) is 11.3 Å². The smallest absolute Gasteiger partial charge is 0.228 e. The highest BCUT2D eigenvalue weighted by Gasteiger charge is 2.21. The van der Waals surface area contributed by atoms with Crippen LogP contribution in [0.15, 0.2) is 23.8 Å². The number of hydrogen-bond donors (Lipinski definition) is 2. The molecule has 11 heteroatoms. The molecule has 0 atom stereocenters. The molecule has 1 aliphatic heterocycles. The van der Waals surface area contributed by atoms with Gasteiger partial charge in [-0.05, 0) is 28.1 Å². The van der Waals surface area contributed by atoms with E-state index >= 15 is 0 Å². The van der Waals surface area contributed by atoms with Crippen molar-refractivity contribution < 1.29 is 9.59 Å². The second-order valence-electron chi connectivity index (χ2n) is 5.62. The Balaban J connectivity index is 1.46. The van der Waals surface area contributed by atoms with Gasteiger partial charge in [0, 0.05) is 23.1 Å². The monoisotopic (exact) mass is 389 g/mol. The van der Waals surface area contributed by atoms with Crippen molar-refractivity contribution >= 4 is 45.6 Å². The number of carbonyl (C=O) groups excluding carboxylic acids is 2. The molecule has 0 fully saturated rings. The Morgan fingerprint density at radius 1 is 1.42 bits per heavy atom. The van der Waals surface area contributed by atoms with E-state index in [1.807, 2.05) is 11.4 Å². The number of rotatable bonds is 5. The molecule has 2 aromatic heterocycles. The molecule has 3 aromatic rings. The molecule has 1 aliphatic rings. The molecular weight excluding hydrogens is 378 g/mol. The second kappa shape index (κ2) is 6.81. The number of aryl methyl sites for hydroxylation is 1. The van der Waals surface area contributed by atoms with E-state index in [4.69, 9.17) is 11.6 Å². The number of nitrogens with one attached hydrogen (secondary N) is 2. The van der Waals surface area contributed by atoms with Gasteiger partial charge in [-0.2, -0.15) is 0 Å². The number of halogens is 1. The van der Waals surface area contributed by atoms with Crippen LogP contribution in [0.4, 0.5) is 10.8 Å². The van der Waals surface area contributed by atoms with Crippen LogP contribution >= 0.6 is 22.9 Å². The predicted octanol–water partition coefficient (Wildman–Crippen LogP) is 1.97. The average Bonchev–Trinajstić information content (AvgIpc) is 3.32. The van der Waals surface area contributed by atoms with Gasteiger partial charge in [-0.1, -0.05) is 11.6 Å². The SMILES string of the molecule is O=C(CCn1cnnn1)Nc1nc(-c2cc3c(cc2Cl)NC(=O)C3)cs1. The van der Waals surface area contributed by atoms with Crippen LogP contribution in [0.3, 0.4) is 0 Å². The van der Waals surface area contributed by atoms with Gasteiger partial charge in [0.15, 0.2) is 5.13 Å². The number of fused-ring (bicyclic) bond motifs is 1. The summed E-state index contributed by atoms with van der Waals surface area (Å²) < 4.78 is 1.48. The van der Waals surface area contributed by atoms with Crippen LogP contribution in [0, 0.1) is 0 Å². The van der Waals surface area contributed by atoms with Gasteiger partial charge >= 0.3 is 0 Å². The minimum atomic E-state index is -0.184. The quantitative estimate of drug-likeness (QED) is 0.689. The van der Waals surface area contributed by atoms with E-state index in [-0.39, 0.29) is 18.2 Å². The van der Waals surface area contributed by atoms with Crippen LogP contribution in [0.5, 0.6) is 0 Å². The summed E-state index contributed by atoms with van der Waals surface area (Å²) in [7, 11) is 0. The normalized spacial score (nSPS) is 12.7. The average molecular weight is 390 g/mol. The van der Waals surface area contributed by atoms with Gasteiger partial charge in [-0.15, -0.1) is 16.4 Å². The van der Waals surface area contributed by atoms with Crippen LogP contribution in [-0.4, -0.2) is 37.0 Å². The Hall–Kier alpha value is -2.85. The number of nitrogens with zero attached hydrogens (tertiary/aromatic N) is 5. The van der Waals surface area contributed by atoms with Crippen molar-refractivity contribution in [2.45, 2.75) is 19.4 Å². The van der Waals surface area contributed by atoms with E-state index in [2.05, 4.69) is 31.1 Å². The third-order valence-corrected chi connectivity index (χ3v) is 4.87. The number of amides is 2. The van der Waals surface area contributed by atoms with Gasteiger partial charge in [0.2, 0.25) is 11.8 Å². The highest BCUT2D eigenvalue weighted by atomic mass is 35.5. The fourth-order valence-electron chi connectivity index (χ4n) is 2.58. The summed E-state index contributed by atoms with van der Waals surface area (Å²) >= 11 is 7.62. The Labute approximate surface area is 156 Å². The van der Waals surface area contributed by atoms with Gasteiger partial charge in [0.1, 0.15) is 6.33 Å². The number of benzene rings is 1. The van der Waals surface area contributed by atoms with Crippen molar-refractivity contribution in [3.63, 3.8) is 0 Å². The van der Waals surface area contributed by atoms with Crippen LogP contribution in [0.25, 0.3) is 11.3 Å². The highest BCUT2D eigenvalue weighted by Crippen LogP contribution is 2.36. The number of anilines is 2. The van der Waals surface area contributed by atoms with E-state index in [1.54, 1.807) is 6.07 Å². The minimum absolute atomic E-state index is 0.0537. The van der Waals surface area contributed by atoms with Crippen LogP contribution < -0.4 is 10.6 Å². The lowest BCUT2D eigenvalue weighted by atomic mass is 10.1. The van der Waals surface area contributed by atoms with E-state index < -0.39 is 0 Å². The maximum absolute atomic E-state index is 12.0. The van der Waals surface area contributed by atoms with Crippen LogP contribution in [-0.2, 0) is 22.6 Å². The minimum Gasteiger partial charge on any atom is -0.325 e. The topological polar surface area (TPSA) is 115 Å². The van der Waals surface area contributed by atoms with Gasteiger partial charge in [0.05, 0.1) is 23.7 Å². The van der Waals surface area contributed by atoms with Gasteiger partial charge in [-0.3, -0.25) is 9.59 Å². The molecule has 0 radical (unpaired) electrons. The summed E-state index contributed by atoms with van der Waals surface area (Å²) in [5.74, 6) is -0.238. The zero-order valence-electron chi connectivity index (χ0n) is 13.3. The Morgan fingerprint density at radius 3 is 3.12 bits per heavy atom. The van der Waals surface area contributed by atoms with E-state index in [1.165, 1.54) is 22.3 Å². The zero-order chi connectivity index (χ0) is 18.1. The molecule has 1 aromatic carbocycles. The highest BCUT2D eigenvalue weighted by molar-refractivity contribution is 7.14. The first-order valence-corrected chi connectivity index (χ1v) is 8.93. The third kappa shape index (κ3) is 3.41. The zero-order valence-corrected chi connectivity index (χ0v) is 14.8. The van der Waals surface area contributed by atoms with Crippen LogP contribution in [0.2, 0.25) is 5.02 Å². The number of aromatic nitrogens is 5. The lowest BCUT2D eigenvalue weighted by Gasteiger charge is -2.05. The lowest BCUT2D eigenvalue weighted by Crippen LogP contribution is -2.14. The van der Waals surface area contributed by atoms with Gasteiger partial charge in [-0.25, -0.2) is 9.67 Å². The molecule has 9 nitrogen and oxygen atoms in total. The van der Waals surface area contributed by atoms with Crippen molar-refractivity contribution in [2.75, 3.05) is 10.6 Å². The molecule has 0 bridgehead atoms.